The number of carbonyl (C=O) groups excluding carboxylic acids is 1. The summed E-state index contributed by atoms with van der Waals surface area (Å²) in [4.78, 5) is 10.0. The monoisotopic (exact) mass is 295 g/mol. The van der Waals surface area contributed by atoms with Gasteiger partial charge in [0.05, 0.1) is 5.76 Å². The minimum absolute atomic E-state index is 0. The van der Waals surface area contributed by atoms with Crippen LogP contribution >= 0.6 is 0 Å². The van der Waals surface area contributed by atoms with Gasteiger partial charge in [-0.2, -0.15) is 0 Å². The number of fused-ring (bicyclic) bond motifs is 2. The Labute approximate surface area is 104 Å². The molecule has 0 aromatic carbocycles. The molecule has 15 heavy (non-hydrogen) atoms. The molecule has 85 valence electrons. The maximum atomic E-state index is 10.0. The third kappa shape index (κ3) is 5.68. The zero-order chi connectivity index (χ0) is 10.6. The Morgan fingerprint density at radius 3 is 1.67 bits per heavy atom. The third-order valence-electron chi connectivity index (χ3n) is 2.17. The Morgan fingerprint density at radius 1 is 1.20 bits per heavy atom. The van der Waals surface area contributed by atoms with Gasteiger partial charge in [0.15, 0.2) is 5.78 Å². The van der Waals surface area contributed by atoms with Crippen LogP contribution < -0.4 is 0 Å². The molecular formula is C12H16O2Rh. The van der Waals surface area contributed by atoms with Crippen LogP contribution in [0, 0.1) is 11.8 Å². The summed E-state index contributed by atoms with van der Waals surface area (Å²) in [6.07, 6.45) is 11.7. The molecule has 2 nitrogen and oxygen atoms in total. The average molecular weight is 295 g/mol. The molecule has 0 atom stereocenters. The second kappa shape index (κ2) is 6.73. The van der Waals surface area contributed by atoms with Gasteiger partial charge in [-0.15, -0.1) is 0 Å². The zero-order valence-corrected chi connectivity index (χ0v) is 10.6. The molecule has 2 rings (SSSR count). The van der Waals surface area contributed by atoms with E-state index >= 15 is 0 Å². The fraction of sp³-hybridized carbons (Fsp3) is 0.417. The summed E-state index contributed by atoms with van der Waals surface area (Å²) < 4.78 is 0. The zero-order valence-electron chi connectivity index (χ0n) is 8.94. The maximum Gasteiger partial charge on any atom is 0.155 e. The van der Waals surface area contributed by atoms with E-state index in [0.29, 0.717) is 0 Å². The second-order valence-electron chi connectivity index (χ2n) is 3.73. The van der Waals surface area contributed by atoms with Crippen LogP contribution in [0.4, 0.5) is 0 Å². The molecule has 0 aromatic rings. The average Bonchev–Trinajstić information content (AvgIpc) is 2.63. The van der Waals surface area contributed by atoms with Crippen LogP contribution in [-0.2, 0) is 24.3 Å². The van der Waals surface area contributed by atoms with Crippen LogP contribution in [0.3, 0.4) is 0 Å². The van der Waals surface area contributed by atoms with Crippen molar-refractivity contribution in [1.29, 1.82) is 0 Å². The van der Waals surface area contributed by atoms with Gasteiger partial charge >= 0.3 is 0 Å². The summed E-state index contributed by atoms with van der Waals surface area (Å²) in [6, 6.07) is 0. The van der Waals surface area contributed by atoms with E-state index in [9.17, 15) is 4.79 Å². The summed E-state index contributed by atoms with van der Waals surface area (Å²) in [5.74, 6) is 1.56. The fourth-order valence-electron chi connectivity index (χ4n) is 1.62. The van der Waals surface area contributed by atoms with E-state index in [4.69, 9.17) is 5.11 Å². The quantitative estimate of drug-likeness (QED) is 0.349. The minimum atomic E-state index is -0.125. The van der Waals surface area contributed by atoms with Crippen molar-refractivity contribution < 1.29 is 29.4 Å². The molecule has 0 unspecified atom stereocenters. The Bertz CT molecular complexity index is 271. The van der Waals surface area contributed by atoms with Crippen molar-refractivity contribution in [3.05, 3.63) is 36.1 Å². The van der Waals surface area contributed by atoms with Crippen molar-refractivity contribution in [3.63, 3.8) is 0 Å². The Morgan fingerprint density at radius 2 is 1.60 bits per heavy atom. The third-order valence-corrected chi connectivity index (χ3v) is 2.17. The number of aliphatic hydroxyl groups excluding tert-OH is 1. The van der Waals surface area contributed by atoms with E-state index in [0.717, 1.165) is 11.8 Å². The molecule has 2 aliphatic carbocycles. The summed E-state index contributed by atoms with van der Waals surface area (Å²) in [6.45, 7) is 2.85. The molecule has 0 spiro atoms. The molecule has 2 bridgehead atoms. The number of ketones is 1. The van der Waals surface area contributed by atoms with Crippen LogP contribution in [0.1, 0.15) is 20.3 Å². The number of rotatable bonds is 1. The molecule has 0 fully saturated rings. The van der Waals surface area contributed by atoms with Crippen LogP contribution in [-0.4, -0.2) is 10.9 Å². The molecule has 1 radical (unpaired) electrons. The molecule has 0 aliphatic heterocycles. The Hall–Kier alpha value is -0.687. The molecule has 1 N–H and O–H groups in total. The van der Waals surface area contributed by atoms with Crippen molar-refractivity contribution in [2.75, 3.05) is 0 Å². The first kappa shape index (κ1) is 14.3. The van der Waals surface area contributed by atoms with E-state index in [-0.39, 0.29) is 31.0 Å². The molecule has 0 aromatic heterocycles. The van der Waals surface area contributed by atoms with Gasteiger partial charge in [0.1, 0.15) is 0 Å². The van der Waals surface area contributed by atoms with E-state index in [2.05, 4.69) is 24.3 Å². The van der Waals surface area contributed by atoms with Gasteiger partial charge in [0.2, 0.25) is 0 Å². The van der Waals surface area contributed by atoms with Gasteiger partial charge in [0, 0.05) is 25.6 Å². The topological polar surface area (TPSA) is 37.3 Å². The number of hydrogen-bond acceptors (Lipinski definition) is 2. The first-order valence-corrected chi connectivity index (χ1v) is 4.82. The summed E-state index contributed by atoms with van der Waals surface area (Å²) >= 11 is 0. The van der Waals surface area contributed by atoms with Crippen molar-refractivity contribution in [2.24, 2.45) is 11.8 Å². The van der Waals surface area contributed by atoms with Crippen LogP contribution in [0.2, 0.25) is 0 Å². The number of allylic oxidation sites excluding steroid dienone is 6. The standard InChI is InChI=1S/C7H8.C5H8O2.Rh/c1-2-7-4-3-6(1)5-7;1-4(6)3-5(2)7;/h1-4,6-7H,5H2;3,6H,1-2H3;/b;4-3-;. The predicted octanol–water partition coefficient (Wildman–Crippen LogP) is 2.78. The van der Waals surface area contributed by atoms with Gasteiger partial charge < -0.3 is 5.11 Å². The Kier molecular flexibility index (Phi) is 6.43. The van der Waals surface area contributed by atoms with E-state index in [1.165, 1.54) is 26.3 Å². The van der Waals surface area contributed by atoms with Gasteiger partial charge in [0.25, 0.3) is 0 Å². The van der Waals surface area contributed by atoms with Crippen molar-refractivity contribution in [2.45, 2.75) is 20.3 Å². The molecular weight excluding hydrogens is 279 g/mol. The van der Waals surface area contributed by atoms with E-state index < -0.39 is 0 Å². The molecule has 3 heteroatoms. The molecule has 2 aliphatic rings. The van der Waals surface area contributed by atoms with Crippen LogP contribution in [0.15, 0.2) is 36.1 Å². The maximum absolute atomic E-state index is 10.0. The molecule has 0 saturated carbocycles. The van der Waals surface area contributed by atoms with Gasteiger partial charge in [-0.25, -0.2) is 0 Å². The predicted molar refractivity (Wildman–Crippen MR) is 56.9 cm³/mol. The van der Waals surface area contributed by atoms with Crippen molar-refractivity contribution in [1.82, 2.24) is 0 Å². The van der Waals surface area contributed by atoms with Crippen LogP contribution in [0.5, 0.6) is 0 Å². The number of hydrogen-bond donors (Lipinski definition) is 1. The van der Waals surface area contributed by atoms with Gasteiger partial charge in [-0.1, -0.05) is 24.3 Å². The molecule has 0 saturated heterocycles. The molecule has 0 heterocycles. The first-order chi connectivity index (χ1) is 6.58. The van der Waals surface area contributed by atoms with Crippen LogP contribution in [0.25, 0.3) is 0 Å². The second-order valence-corrected chi connectivity index (χ2v) is 3.73. The SMILES string of the molecule is C1=CC2C=CC1C2.CC(=O)/C=C(/C)O.[Rh]. The smallest absolute Gasteiger partial charge is 0.155 e. The largest absolute Gasteiger partial charge is 0.512 e. The summed E-state index contributed by atoms with van der Waals surface area (Å²) in [5.41, 5.74) is 0. The number of aliphatic hydroxyl groups is 1. The Balaban J connectivity index is 0.000000245. The molecule has 0 amide bonds. The summed E-state index contributed by atoms with van der Waals surface area (Å²) in [5, 5.41) is 8.36. The minimum Gasteiger partial charge on any atom is -0.512 e. The van der Waals surface area contributed by atoms with E-state index in [1.54, 1.807) is 0 Å². The number of carbonyl (C=O) groups is 1. The summed E-state index contributed by atoms with van der Waals surface area (Å²) in [7, 11) is 0. The van der Waals surface area contributed by atoms with Gasteiger partial charge in [-0.3, -0.25) is 4.79 Å². The van der Waals surface area contributed by atoms with Crippen molar-refractivity contribution in [3.8, 4) is 0 Å². The van der Waals surface area contributed by atoms with Crippen molar-refractivity contribution >= 4 is 5.78 Å². The first-order valence-electron chi connectivity index (χ1n) is 4.82. The normalized spacial score (nSPS) is 25.6. The van der Waals surface area contributed by atoms with Gasteiger partial charge in [-0.05, 0) is 32.1 Å². The van der Waals surface area contributed by atoms with E-state index in [1.807, 2.05) is 0 Å². The fourth-order valence-corrected chi connectivity index (χ4v) is 1.62.